The summed E-state index contributed by atoms with van der Waals surface area (Å²) in [4.78, 5) is 41.6. The van der Waals surface area contributed by atoms with Gasteiger partial charge in [-0.05, 0) is 37.1 Å². The lowest BCUT2D eigenvalue weighted by molar-refractivity contribution is -0.128. The van der Waals surface area contributed by atoms with Gasteiger partial charge < -0.3 is 19.8 Å². The Morgan fingerprint density at radius 1 is 0.818 bits per heavy atom. The van der Waals surface area contributed by atoms with Gasteiger partial charge in [0.2, 0.25) is 0 Å². The molecule has 0 radical (unpaired) electrons. The highest BCUT2D eigenvalue weighted by Crippen LogP contribution is 2.31. The van der Waals surface area contributed by atoms with Gasteiger partial charge in [-0.15, -0.1) is 0 Å². The van der Waals surface area contributed by atoms with Crippen LogP contribution in [0.15, 0.2) is 24.3 Å². The number of carbonyl (C=O) groups excluding carboxylic acids is 2. The molecule has 6 heteroatoms. The second-order valence-electron chi connectivity index (χ2n) is 5.22. The summed E-state index contributed by atoms with van der Waals surface area (Å²) in [6.07, 6.45) is 6.39. The molecule has 0 amide bonds. The molecule has 0 atom stereocenters. The molecule has 2 N–H and O–H groups in total. The lowest BCUT2D eigenvalue weighted by Gasteiger charge is -2.25. The fourth-order valence-corrected chi connectivity index (χ4v) is 2.23. The van der Waals surface area contributed by atoms with Crippen LogP contribution < -0.4 is 0 Å². The van der Waals surface area contributed by atoms with Crippen LogP contribution in [0, 0.1) is 5.41 Å². The summed E-state index contributed by atoms with van der Waals surface area (Å²) < 4.78 is 0. The zero-order chi connectivity index (χ0) is 16.6. The third-order valence-corrected chi connectivity index (χ3v) is 3.63. The molecule has 22 heavy (non-hydrogen) atoms. The van der Waals surface area contributed by atoms with Crippen LogP contribution in [0.4, 0.5) is 0 Å². The first-order valence-corrected chi connectivity index (χ1v) is 6.93. The largest absolute Gasteiger partial charge is 0.478 e. The Hall–Kier alpha value is -2.50. The molecule has 1 aliphatic rings. The van der Waals surface area contributed by atoms with E-state index in [4.69, 9.17) is 10.2 Å². The lowest BCUT2D eigenvalue weighted by Crippen LogP contribution is -2.27. The minimum atomic E-state index is -1.06. The predicted octanol–water partition coefficient (Wildman–Crippen LogP) is 2.42. The van der Waals surface area contributed by atoms with Crippen LogP contribution in [0.25, 0.3) is 0 Å². The van der Waals surface area contributed by atoms with E-state index in [0.717, 1.165) is 38.3 Å². The Bertz CT molecular complexity index is 497. The highest BCUT2D eigenvalue weighted by atomic mass is 16.4. The average Bonchev–Trinajstić information content (AvgIpc) is 2.56. The number of carboxylic acid groups (broad SMARTS) is 2. The van der Waals surface area contributed by atoms with E-state index in [-0.39, 0.29) is 11.1 Å². The van der Waals surface area contributed by atoms with Crippen molar-refractivity contribution < 1.29 is 29.4 Å². The molecule has 2 rings (SSSR count). The Kier molecular flexibility index (Phi) is 6.44. The maximum Gasteiger partial charge on any atom is 0.335 e. The van der Waals surface area contributed by atoms with Gasteiger partial charge in [0.05, 0.1) is 16.5 Å². The van der Waals surface area contributed by atoms with E-state index >= 15 is 0 Å². The fourth-order valence-electron chi connectivity index (χ4n) is 2.23. The van der Waals surface area contributed by atoms with Gasteiger partial charge >= 0.3 is 11.9 Å². The molecule has 0 aliphatic heterocycles. The topological polar surface area (TPSA) is 109 Å². The molecule has 1 aromatic carbocycles. The number of benzene rings is 1. The van der Waals surface area contributed by atoms with Crippen LogP contribution in [0.5, 0.6) is 0 Å². The Morgan fingerprint density at radius 2 is 1.18 bits per heavy atom. The van der Waals surface area contributed by atoms with Gasteiger partial charge in [0, 0.05) is 0 Å². The van der Waals surface area contributed by atoms with E-state index in [2.05, 4.69) is 0 Å². The number of rotatable bonds is 4. The number of hydrogen-bond acceptors (Lipinski definition) is 4. The van der Waals surface area contributed by atoms with Gasteiger partial charge in [-0.1, -0.05) is 19.3 Å². The van der Waals surface area contributed by atoms with Crippen molar-refractivity contribution in [1.82, 2.24) is 0 Å². The van der Waals surface area contributed by atoms with E-state index in [9.17, 15) is 19.2 Å². The zero-order valence-corrected chi connectivity index (χ0v) is 12.0. The first kappa shape index (κ1) is 17.6. The van der Waals surface area contributed by atoms with E-state index in [0.29, 0.717) is 0 Å². The second kappa shape index (κ2) is 8.07. The standard InChI is InChI=1S/C8H6O4.C8H12O2/c9-7(10)5-1-2-6(4-3-5)8(11)12;9-6-8(7-10)4-2-1-3-5-8/h1-4H,(H,9,10)(H,11,12);6-7H,1-5H2. The molecule has 0 heterocycles. The molecule has 0 spiro atoms. The SMILES string of the molecule is O=C(O)c1ccc(C(=O)O)cc1.O=CC1(C=O)CCCCC1. The minimum absolute atomic E-state index is 0.0833. The van der Waals surface area contributed by atoms with Crippen LogP contribution in [0.3, 0.4) is 0 Å². The predicted molar refractivity (Wildman–Crippen MR) is 78.0 cm³/mol. The first-order chi connectivity index (χ1) is 10.4. The number of carboxylic acids is 2. The van der Waals surface area contributed by atoms with Gasteiger partial charge in [0.25, 0.3) is 0 Å². The van der Waals surface area contributed by atoms with Crippen molar-refractivity contribution in [3.8, 4) is 0 Å². The van der Waals surface area contributed by atoms with E-state index in [1.807, 2.05) is 0 Å². The summed E-state index contributed by atoms with van der Waals surface area (Å²) in [5.41, 5.74) is -0.432. The smallest absolute Gasteiger partial charge is 0.335 e. The summed E-state index contributed by atoms with van der Waals surface area (Å²) in [5.74, 6) is -2.13. The Morgan fingerprint density at radius 3 is 1.41 bits per heavy atom. The Balaban J connectivity index is 0.000000224. The molecular weight excluding hydrogens is 288 g/mol. The number of hydrogen-bond donors (Lipinski definition) is 2. The third-order valence-electron chi connectivity index (χ3n) is 3.63. The molecule has 6 nitrogen and oxygen atoms in total. The summed E-state index contributed by atoms with van der Waals surface area (Å²) in [7, 11) is 0. The highest BCUT2D eigenvalue weighted by Gasteiger charge is 2.30. The molecule has 0 bridgehead atoms. The molecule has 1 saturated carbocycles. The maximum atomic E-state index is 10.5. The first-order valence-electron chi connectivity index (χ1n) is 6.93. The summed E-state index contributed by atoms with van der Waals surface area (Å²) >= 11 is 0. The van der Waals surface area contributed by atoms with Crippen molar-refractivity contribution in [3.63, 3.8) is 0 Å². The number of carbonyl (C=O) groups is 4. The monoisotopic (exact) mass is 306 g/mol. The fraction of sp³-hybridized carbons (Fsp3) is 0.375. The third kappa shape index (κ3) is 4.80. The van der Waals surface area contributed by atoms with Gasteiger partial charge in [0.15, 0.2) is 0 Å². The van der Waals surface area contributed by atoms with Crippen molar-refractivity contribution in [2.24, 2.45) is 5.41 Å². The summed E-state index contributed by atoms with van der Waals surface area (Å²) in [6, 6.07) is 5.02. The van der Waals surface area contributed by atoms with E-state index < -0.39 is 17.4 Å². The zero-order valence-electron chi connectivity index (χ0n) is 12.0. The molecule has 1 aromatic rings. The van der Waals surface area contributed by atoms with Gasteiger partial charge in [0.1, 0.15) is 12.6 Å². The lowest BCUT2D eigenvalue weighted by atomic mass is 9.77. The van der Waals surface area contributed by atoms with Gasteiger partial charge in [-0.2, -0.15) is 0 Å². The summed E-state index contributed by atoms with van der Waals surface area (Å²) in [6.45, 7) is 0. The van der Waals surface area contributed by atoms with Crippen LogP contribution in [-0.2, 0) is 9.59 Å². The van der Waals surface area contributed by atoms with Crippen molar-refractivity contribution in [2.45, 2.75) is 32.1 Å². The van der Waals surface area contributed by atoms with Gasteiger partial charge in [-0.25, -0.2) is 9.59 Å². The molecule has 0 saturated heterocycles. The summed E-state index contributed by atoms with van der Waals surface area (Å²) in [5, 5.41) is 16.9. The quantitative estimate of drug-likeness (QED) is 0.653. The molecule has 1 aliphatic carbocycles. The number of aldehydes is 2. The van der Waals surface area contributed by atoms with Crippen LogP contribution in [0.1, 0.15) is 52.8 Å². The average molecular weight is 306 g/mol. The maximum absolute atomic E-state index is 10.5. The minimum Gasteiger partial charge on any atom is -0.478 e. The van der Waals surface area contributed by atoms with Crippen molar-refractivity contribution in [1.29, 1.82) is 0 Å². The van der Waals surface area contributed by atoms with Gasteiger partial charge in [-0.3, -0.25) is 0 Å². The van der Waals surface area contributed by atoms with Crippen LogP contribution >= 0.6 is 0 Å². The van der Waals surface area contributed by atoms with Crippen molar-refractivity contribution in [3.05, 3.63) is 35.4 Å². The van der Waals surface area contributed by atoms with Crippen molar-refractivity contribution >= 4 is 24.5 Å². The molecule has 118 valence electrons. The number of aromatic carboxylic acids is 2. The van der Waals surface area contributed by atoms with E-state index in [1.54, 1.807) is 0 Å². The Labute approximate surface area is 127 Å². The van der Waals surface area contributed by atoms with Crippen molar-refractivity contribution in [2.75, 3.05) is 0 Å². The van der Waals surface area contributed by atoms with Crippen LogP contribution in [0.2, 0.25) is 0 Å². The van der Waals surface area contributed by atoms with Crippen LogP contribution in [-0.4, -0.2) is 34.7 Å². The van der Waals surface area contributed by atoms with E-state index in [1.165, 1.54) is 30.7 Å². The second-order valence-corrected chi connectivity index (χ2v) is 5.22. The highest BCUT2D eigenvalue weighted by molar-refractivity contribution is 5.91. The molecule has 0 aromatic heterocycles. The molecule has 1 fully saturated rings. The molecule has 0 unspecified atom stereocenters. The normalized spacial score (nSPS) is 15.8. The molecular formula is C16H18O6.